The van der Waals surface area contributed by atoms with Crippen LogP contribution in [0.5, 0.6) is 0 Å². The molecule has 3 aromatic rings. The summed E-state index contributed by atoms with van der Waals surface area (Å²) in [5.74, 6) is -0.705. The van der Waals surface area contributed by atoms with Crippen molar-refractivity contribution in [2.75, 3.05) is 11.9 Å². The number of amides is 2. The van der Waals surface area contributed by atoms with E-state index in [0.717, 1.165) is 29.3 Å². The third-order valence-corrected chi connectivity index (χ3v) is 4.86. The number of nitrogens with zero attached hydrogens (tertiary/aromatic N) is 5. The lowest BCUT2D eigenvalue weighted by molar-refractivity contribution is -0.137. The third-order valence-electron chi connectivity index (χ3n) is 4.86. The lowest BCUT2D eigenvalue weighted by atomic mass is 9.96. The molecule has 11 heteroatoms. The Kier molecular flexibility index (Phi) is 5.74. The summed E-state index contributed by atoms with van der Waals surface area (Å²) in [5.41, 5.74) is 0.524. The smallest absolute Gasteiger partial charge is 0.306 e. The quantitative estimate of drug-likeness (QED) is 0.588. The number of rotatable bonds is 3. The maximum atomic E-state index is 13.4. The highest BCUT2D eigenvalue weighted by Crippen LogP contribution is 2.30. The topological polar surface area (TPSA) is 94.3 Å². The molecule has 7 nitrogen and oxygen atoms in total. The molecule has 0 fully saturated rings. The van der Waals surface area contributed by atoms with Crippen LogP contribution in [0, 0.1) is 17.1 Å². The fourth-order valence-corrected chi connectivity index (χ4v) is 3.22. The van der Waals surface area contributed by atoms with Crippen molar-refractivity contribution < 1.29 is 22.4 Å². The minimum Gasteiger partial charge on any atom is -0.306 e. The van der Waals surface area contributed by atoms with Crippen LogP contribution in [0.25, 0.3) is 0 Å². The highest BCUT2D eigenvalue weighted by molar-refractivity contribution is 6.07. The molecule has 1 aliphatic heterocycles. The Labute approximate surface area is 185 Å². The van der Waals surface area contributed by atoms with Gasteiger partial charge in [-0.3, -0.25) is 0 Å². The van der Waals surface area contributed by atoms with Crippen LogP contribution in [0.4, 0.5) is 28.0 Å². The van der Waals surface area contributed by atoms with Gasteiger partial charge in [-0.15, -0.1) is 0 Å². The van der Waals surface area contributed by atoms with Gasteiger partial charge in [-0.25, -0.2) is 24.2 Å². The van der Waals surface area contributed by atoms with Crippen molar-refractivity contribution in [2.45, 2.75) is 12.1 Å². The Morgan fingerprint density at radius 1 is 1.06 bits per heavy atom. The van der Waals surface area contributed by atoms with Crippen LogP contribution in [-0.4, -0.2) is 33.3 Å². The van der Waals surface area contributed by atoms with Gasteiger partial charge in [0.05, 0.1) is 29.3 Å². The molecule has 0 saturated heterocycles. The van der Waals surface area contributed by atoms with Crippen LogP contribution in [0.15, 0.2) is 66.0 Å². The summed E-state index contributed by atoms with van der Waals surface area (Å²) in [4.78, 5) is 21.1. The number of hydrazone groups is 1. The summed E-state index contributed by atoms with van der Waals surface area (Å²) >= 11 is 0. The first-order chi connectivity index (χ1) is 15.7. The molecule has 0 bridgehead atoms. The maximum Gasteiger partial charge on any atom is 0.416 e. The molecule has 0 saturated carbocycles. The van der Waals surface area contributed by atoms with E-state index >= 15 is 0 Å². The molecule has 1 unspecified atom stereocenters. The van der Waals surface area contributed by atoms with E-state index in [4.69, 9.17) is 5.26 Å². The fraction of sp³-hybridized carbons (Fsp3) is 0.136. The van der Waals surface area contributed by atoms with Crippen LogP contribution in [0.2, 0.25) is 0 Å². The van der Waals surface area contributed by atoms with E-state index in [0.29, 0.717) is 17.1 Å². The van der Waals surface area contributed by atoms with Crippen molar-refractivity contribution in [2.24, 2.45) is 5.10 Å². The molecule has 1 aliphatic rings. The second-order valence-corrected chi connectivity index (χ2v) is 7.07. The monoisotopic (exact) mass is 454 g/mol. The standard InChI is InChI=1S/C22H14F4N6O/c23-16-5-1-14(2-6-16)19-18(20-28-10-13(9-27)11-29-20)12-32(31-19)21(33)30-17-7-3-15(4-8-17)22(24,25)26/h1-8,10-11,18H,12H2,(H,30,33). The van der Waals surface area contributed by atoms with Gasteiger partial charge in [-0.05, 0) is 42.0 Å². The minimum atomic E-state index is -4.49. The SMILES string of the molecule is N#Cc1cnc(C2CN(C(=O)Nc3ccc(C(F)(F)F)cc3)N=C2c2ccc(F)cc2)nc1. The van der Waals surface area contributed by atoms with Crippen LogP contribution in [-0.2, 0) is 6.18 Å². The Balaban J connectivity index is 1.59. The van der Waals surface area contributed by atoms with Crippen molar-refractivity contribution in [3.63, 3.8) is 0 Å². The molecule has 4 rings (SSSR count). The highest BCUT2D eigenvalue weighted by Gasteiger charge is 2.34. The van der Waals surface area contributed by atoms with Gasteiger partial charge < -0.3 is 5.32 Å². The molecule has 2 aromatic carbocycles. The average Bonchev–Trinajstić information content (AvgIpc) is 3.25. The molecule has 0 radical (unpaired) electrons. The molecule has 33 heavy (non-hydrogen) atoms. The number of aromatic nitrogens is 2. The number of urea groups is 1. The molecule has 0 spiro atoms. The molecular formula is C22H14F4N6O. The predicted octanol–water partition coefficient (Wildman–Crippen LogP) is 4.54. The summed E-state index contributed by atoms with van der Waals surface area (Å²) < 4.78 is 51.6. The summed E-state index contributed by atoms with van der Waals surface area (Å²) in [7, 11) is 0. The largest absolute Gasteiger partial charge is 0.416 e. The first-order valence-corrected chi connectivity index (χ1v) is 9.57. The van der Waals surface area contributed by atoms with Gasteiger partial charge in [0.2, 0.25) is 0 Å². The first kappa shape index (κ1) is 21.9. The Morgan fingerprint density at radius 2 is 1.70 bits per heavy atom. The van der Waals surface area contributed by atoms with E-state index in [-0.39, 0.29) is 17.8 Å². The summed E-state index contributed by atoms with van der Waals surface area (Å²) in [6.45, 7) is 0.0328. The van der Waals surface area contributed by atoms with Crippen molar-refractivity contribution in [1.29, 1.82) is 5.26 Å². The average molecular weight is 454 g/mol. The number of hydrogen-bond acceptors (Lipinski definition) is 5. The zero-order chi connectivity index (χ0) is 23.6. The number of halogens is 4. The first-order valence-electron chi connectivity index (χ1n) is 9.57. The van der Waals surface area contributed by atoms with Gasteiger partial charge >= 0.3 is 12.2 Å². The zero-order valence-corrected chi connectivity index (χ0v) is 16.7. The summed E-state index contributed by atoms with van der Waals surface area (Å²) in [6, 6.07) is 10.8. The highest BCUT2D eigenvalue weighted by atomic mass is 19.4. The van der Waals surface area contributed by atoms with Gasteiger partial charge in [-0.1, -0.05) is 12.1 Å². The number of carbonyl (C=O) groups excluding carboxylic acids is 1. The number of carbonyl (C=O) groups is 1. The van der Waals surface area contributed by atoms with Crippen molar-refractivity contribution in [1.82, 2.24) is 15.0 Å². The van der Waals surface area contributed by atoms with Gasteiger partial charge in [-0.2, -0.15) is 23.5 Å². The molecule has 1 N–H and O–H groups in total. The lowest BCUT2D eigenvalue weighted by Crippen LogP contribution is -2.30. The number of benzene rings is 2. The van der Waals surface area contributed by atoms with Gasteiger partial charge in [0.15, 0.2) is 0 Å². The minimum absolute atomic E-state index is 0.0328. The number of hydrogen-bond donors (Lipinski definition) is 1. The van der Waals surface area contributed by atoms with Crippen LogP contribution in [0.3, 0.4) is 0 Å². The summed E-state index contributed by atoms with van der Waals surface area (Å²) in [5, 5.41) is 16.9. The van der Waals surface area contributed by atoms with Crippen LogP contribution < -0.4 is 5.32 Å². The van der Waals surface area contributed by atoms with Gasteiger partial charge in [0, 0.05) is 18.1 Å². The van der Waals surface area contributed by atoms with Crippen molar-refractivity contribution in [3.8, 4) is 6.07 Å². The van der Waals surface area contributed by atoms with Crippen LogP contribution in [0.1, 0.15) is 28.4 Å². The van der Waals surface area contributed by atoms with E-state index in [1.165, 1.54) is 36.7 Å². The molecule has 2 heterocycles. The fourth-order valence-electron chi connectivity index (χ4n) is 3.22. The van der Waals surface area contributed by atoms with Gasteiger partial charge in [0.1, 0.15) is 17.7 Å². The third kappa shape index (κ3) is 4.79. The lowest BCUT2D eigenvalue weighted by Gasteiger charge is -2.15. The van der Waals surface area contributed by atoms with Crippen LogP contribution >= 0.6 is 0 Å². The van der Waals surface area contributed by atoms with E-state index in [2.05, 4.69) is 20.4 Å². The van der Waals surface area contributed by atoms with Crippen molar-refractivity contribution in [3.05, 3.63) is 89.3 Å². The van der Waals surface area contributed by atoms with E-state index < -0.39 is 29.5 Å². The molecule has 1 atom stereocenters. The number of nitriles is 1. The second kappa shape index (κ2) is 8.66. The maximum absolute atomic E-state index is 13.4. The number of nitrogens with one attached hydrogen (secondary N) is 1. The van der Waals surface area contributed by atoms with Crippen molar-refractivity contribution >= 4 is 17.4 Å². The molecule has 1 aromatic heterocycles. The number of alkyl halides is 3. The van der Waals surface area contributed by atoms with E-state index in [1.54, 1.807) is 0 Å². The summed E-state index contributed by atoms with van der Waals surface area (Å²) in [6.07, 6.45) is -1.80. The Morgan fingerprint density at radius 3 is 2.27 bits per heavy atom. The predicted molar refractivity (Wildman–Crippen MR) is 110 cm³/mol. The normalized spacial score (nSPS) is 15.7. The molecular weight excluding hydrogens is 440 g/mol. The van der Waals surface area contributed by atoms with Gasteiger partial charge in [0.25, 0.3) is 0 Å². The second-order valence-electron chi connectivity index (χ2n) is 7.07. The molecule has 0 aliphatic carbocycles. The van der Waals surface area contributed by atoms with E-state index in [1.807, 2.05) is 6.07 Å². The van der Waals surface area contributed by atoms with E-state index in [9.17, 15) is 22.4 Å². The zero-order valence-electron chi connectivity index (χ0n) is 16.7. The Bertz CT molecular complexity index is 1230. The molecule has 2 amide bonds. The number of anilines is 1. The molecule has 166 valence electrons. The Hall–Kier alpha value is -4.33.